The molecule has 10 aromatic carbocycles. The van der Waals surface area contributed by atoms with Crippen LogP contribution in [0.15, 0.2) is 218 Å². The molecule has 1 heterocycles. The lowest BCUT2D eigenvalue weighted by Crippen LogP contribution is -2.14. The molecule has 12 rings (SSSR count). The highest BCUT2D eigenvalue weighted by atomic mass is 14.9. The molecule has 0 spiro atoms. The minimum atomic E-state index is -0.0957. The summed E-state index contributed by atoms with van der Waals surface area (Å²) in [7, 11) is 0. The van der Waals surface area contributed by atoms with Crippen molar-refractivity contribution in [2.24, 2.45) is 0 Å². The second kappa shape index (κ2) is 14.6. The molecule has 0 atom stereocenters. The van der Waals surface area contributed by atoms with E-state index in [9.17, 15) is 0 Å². The molecule has 1 aliphatic carbocycles. The molecule has 0 saturated carbocycles. The average molecular weight is 803 g/mol. The molecule has 1 aliphatic rings. The van der Waals surface area contributed by atoms with E-state index in [1.165, 1.54) is 71.3 Å². The van der Waals surface area contributed by atoms with Gasteiger partial charge in [0.2, 0.25) is 0 Å². The average Bonchev–Trinajstić information content (AvgIpc) is 3.59. The Kier molecular flexibility index (Phi) is 8.55. The van der Waals surface area contributed by atoms with Gasteiger partial charge in [0.1, 0.15) is 0 Å². The Morgan fingerprint density at radius 2 is 0.873 bits per heavy atom. The van der Waals surface area contributed by atoms with Gasteiger partial charge in [-0.2, -0.15) is 0 Å². The molecule has 1 aromatic heterocycles. The topological polar surface area (TPSA) is 25.8 Å². The van der Waals surface area contributed by atoms with Crippen LogP contribution in [0.25, 0.3) is 111 Å². The molecule has 11 aromatic rings. The summed E-state index contributed by atoms with van der Waals surface area (Å²) in [5.41, 5.74) is 17.2. The number of rotatable bonds is 6. The number of hydrogen-bond donors (Lipinski definition) is 0. The molecular weight excluding hydrogens is 761 g/mol. The van der Waals surface area contributed by atoms with Crippen molar-refractivity contribution in [1.29, 1.82) is 0 Å². The summed E-state index contributed by atoms with van der Waals surface area (Å²) in [6.45, 7) is 4.68. The Morgan fingerprint density at radius 3 is 1.70 bits per heavy atom. The van der Waals surface area contributed by atoms with E-state index >= 15 is 0 Å². The van der Waals surface area contributed by atoms with Crippen LogP contribution in [0, 0.1) is 0 Å². The molecule has 0 radical (unpaired) electrons. The van der Waals surface area contributed by atoms with Gasteiger partial charge in [0.05, 0.1) is 11.4 Å². The molecule has 0 saturated heterocycles. The Morgan fingerprint density at radius 1 is 0.302 bits per heavy atom. The van der Waals surface area contributed by atoms with Crippen molar-refractivity contribution in [3.8, 4) is 78.4 Å². The van der Waals surface area contributed by atoms with Gasteiger partial charge in [-0.15, -0.1) is 0 Å². The van der Waals surface area contributed by atoms with Crippen molar-refractivity contribution in [3.05, 3.63) is 230 Å². The van der Waals surface area contributed by atoms with Crippen molar-refractivity contribution in [3.63, 3.8) is 0 Å². The van der Waals surface area contributed by atoms with Gasteiger partial charge in [-0.05, 0) is 112 Å². The largest absolute Gasteiger partial charge is 0.228 e. The predicted molar refractivity (Wildman–Crippen MR) is 265 cm³/mol. The van der Waals surface area contributed by atoms with Gasteiger partial charge < -0.3 is 0 Å². The molecule has 0 unspecified atom stereocenters. The van der Waals surface area contributed by atoms with Gasteiger partial charge in [-0.25, -0.2) is 9.97 Å². The first-order chi connectivity index (χ1) is 31.0. The fourth-order valence-corrected chi connectivity index (χ4v) is 10.2. The van der Waals surface area contributed by atoms with E-state index in [2.05, 4.69) is 226 Å². The van der Waals surface area contributed by atoms with Crippen LogP contribution in [-0.4, -0.2) is 9.97 Å². The molecule has 0 bridgehead atoms. The number of benzene rings is 10. The lowest BCUT2D eigenvalue weighted by molar-refractivity contribution is 0.660. The highest BCUT2D eigenvalue weighted by Crippen LogP contribution is 2.53. The summed E-state index contributed by atoms with van der Waals surface area (Å²) in [6, 6.07) is 79.1. The van der Waals surface area contributed by atoms with E-state index in [0.29, 0.717) is 5.82 Å². The standard InChI is InChI=1S/C61H42N2/c1-61(2)54-31-13-12-29-52(54)59-50(30-16-32-55(59)61)48-27-10-11-28-49(48)57-38-56(62-60(63-57)40-18-4-3-5-19-40)44-23-14-21-41(35-44)42-22-15-24-45(36-42)58-47-26-9-7-20-43(47)37-53-46-25-8-6-17-39(46)33-34-51(53)58/h3-38H,1-2H3. The highest BCUT2D eigenvalue weighted by Gasteiger charge is 2.36. The smallest absolute Gasteiger partial charge is 0.160 e. The molecule has 0 N–H and O–H groups in total. The van der Waals surface area contributed by atoms with Crippen molar-refractivity contribution in [1.82, 2.24) is 9.97 Å². The number of nitrogens with zero attached hydrogens (tertiary/aromatic N) is 2. The van der Waals surface area contributed by atoms with Gasteiger partial charge in [-0.3, -0.25) is 0 Å². The number of hydrogen-bond acceptors (Lipinski definition) is 2. The van der Waals surface area contributed by atoms with E-state index in [1.54, 1.807) is 0 Å². The molecular formula is C61H42N2. The molecule has 2 nitrogen and oxygen atoms in total. The predicted octanol–water partition coefficient (Wildman–Crippen LogP) is 16.2. The van der Waals surface area contributed by atoms with E-state index in [-0.39, 0.29) is 5.41 Å². The summed E-state index contributed by atoms with van der Waals surface area (Å²) in [5, 5.41) is 7.55. The summed E-state index contributed by atoms with van der Waals surface area (Å²) in [6.07, 6.45) is 0. The number of aromatic nitrogens is 2. The first kappa shape index (κ1) is 36.9. The molecule has 296 valence electrons. The number of fused-ring (bicyclic) bond motifs is 7. The maximum absolute atomic E-state index is 5.34. The minimum Gasteiger partial charge on any atom is -0.228 e. The van der Waals surface area contributed by atoms with E-state index in [0.717, 1.165) is 44.8 Å². The SMILES string of the molecule is CC1(C)c2ccccc2-c2c(-c3ccccc3-c3cc(-c4cccc(-c5cccc(-c6c7ccccc7cc7c6ccc6ccccc67)c5)c4)nc(-c4ccccc4)n3)cccc21. The van der Waals surface area contributed by atoms with Crippen molar-refractivity contribution in [2.45, 2.75) is 19.3 Å². The second-order valence-electron chi connectivity index (χ2n) is 17.3. The van der Waals surface area contributed by atoms with Crippen LogP contribution in [0.4, 0.5) is 0 Å². The molecule has 0 aliphatic heterocycles. The summed E-state index contributed by atoms with van der Waals surface area (Å²) < 4.78 is 0. The van der Waals surface area contributed by atoms with Crippen LogP contribution < -0.4 is 0 Å². The van der Waals surface area contributed by atoms with Gasteiger partial charge >= 0.3 is 0 Å². The van der Waals surface area contributed by atoms with Gasteiger partial charge in [0, 0.05) is 22.1 Å². The summed E-state index contributed by atoms with van der Waals surface area (Å²) in [4.78, 5) is 10.6. The Labute approximate surface area is 367 Å². The van der Waals surface area contributed by atoms with Crippen LogP contribution in [0.1, 0.15) is 25.0 Å². The molecule has 0 amide bonds. The third-order valence-electron chi connectivity index (χ3n) is 13.3. The molecule has 2 heteroatoms. The highest BCUT2D eigenvalue weighted by molar-refractivity contribution is 6.20. The van der Waals surface area contributed by atoms with Gasteiger partial charge in [0.25, 0.3) is 0 Å². The van der Waals surface area contributed by atoms with Crippen molar-refractivity contribution < 1.29 is 0 Å². The first-order valence-corrected chi connectivity index (χ1v) is 21.8. The van der Waals surface area contributed by atoms with Crippen LogP contribution in [0.5, 0.6) is 0 Å². The fourth-order valence-electron chi connectivity index (χ4n) is 10.2. The van der Waals surface area contributed by atoms with E-state index < -0.39 is 0 Å². The fraction of sp³-hybridized carbons (Fsp3) is 0.0492. The molecule has 63 heavy (non-hydrogen) atoms. The van der Waals surface area contributed by atoms with Crippen molar-refractivity contribution >= 4 is 32.3 Å². The Hall–Kier alpha value is -7.94. The zero-order chi connectivity index (χ0) is 42.1. The Bertz CT molecular complexity index is 3600. The monoisotopic (exact) mass is 802 g/mol. The van der Waals surface area contributed by atoms with Crippen molar-refractivity contribution in [2.75, 3.05) is 0 Å². The van der Waals surface area contributed by atoms with Crippen LogP contribution in [-0.2, 0) is 5.41 Å². The zero-order valence-corrected chi connectivity index (χ0v) is 35.2. The maximum atomic E-state index is 5.34. The Balaban J connectivity index is 1.00. The van der Waals surface area contributed by atoms with Crippen LogP contribution >= 0.6 is 0 Å². The minimum absolute atomic E-state index is 0.0957. The summed E-state index contributed by atoms with van der Waals surface area (Å²) >= 11 is 0. The molecule has 0 fully saturated rings. The third kappa shape index (κ3) is 6.09. The third-order valence-corrected chi connectivity index (χ3v) is 13.3. The van der Waals surface area contributed by atoms with Crippen LogP contribution in [0.2, 0.25) is 0 Å². The normalized spacial score (nSPS) is 12.7. The first-order valence-electron chi connectivity index (χ1n) is 21.8. The second-order valence-corrected chi connectivity index (χ2v) is 17.3. The quantitative estimate of drug-likeness (QED) is 0.124. The maximum Gasteiger partial charge on any atom is 0.160 e. The lowest BCUT2D eigenvalue weighted by atomic mass is 9.81. The summed E-state index contributed by atoms with van der Waals surface area (Å²) in [5.74, 6) is 0.699. The van der Waals surface area contributed by atoms with Crippen LogP contribution in [0.3, 0.4) is 0 Å². The van der Waals surface area contributed by atoms with Gasteiger partial charge in [0.15, 0.2) is 5.82 Å². The van der Waals surface area contributed by atoms with E-state index in [4.69, 9.17) is 9.97 Å². The lowest BCUT2D eigenvalue weighted by Gasteiger charge is -2.22. The van der Waals surface area contributed by atoms with E-state index in [1.807, 2.05) is 6.07 Å². The van der Waals surface area contributed by atoms with Gasteiger partial charge in [-0.1, -0.05) is 208 Å². The zero-order valence-electron chi connectivity index (χ0n) is 35.2.